The molecule has 0 rings (SSSR count). The first-order chi connectivity index (χ1) is 15.3. The second kappa shape index (κ2) is 14.3. The van der Waals surface area contributed by atoms with E-state index in [9.17, 15) is 33.6 Å². The van der Waals surface area contributed by atoms with Gasteiger partial charge in [0.25, 0.3) is 0 Å². The van der Waals surface area contributed by atoms with Gasteiger partial charge in [-0.2, -0.15) is 0 Å². The molecule has 33 heavy (non-hydrogen) atoms. The highest BCUT2D eigenvalue weighted by molar-refractivity contribution is 5.95. The first-order valence-electron chi connectivity index (χ1n) is 9.44. The Morgan fingerprint density at radius 2 is 1.03 bits per heavy atom. The molecule has 0 aliphatic rings. The second-order valence-electron chi connectivity index (χ2n) is 6.77. The fourth-order valence-electron chi connectivity index (χ4n) is 2.35. The maximum Gasteiger partial charge on any atom is 0.326 e. The van der Waals surface area contributed by atoms with Crippen molar-refractivity contribution in [1.29, 1.82) is 0 Å². The van der Waals surface area contributed by atoms with Crippen molar-refractivity contribution in [2.45, 2.75) is 56.3 Å². The van der Waals surface area contributed by atoms with E-state index in [0.29, 0.717) is 0 Å². The number of rotatable bonds is 16. The molecule has 10 N–H and O–H groups in total. The molecule has 0 fully saturated rings. The van der Waals surface area contributed by atoms with E-state index in [1.807, 2.05) is 5.32 Å². The zero-order valence-corrected chi connectivity index (χ0v) is 17.2. The van der Waals surface area contributed by atoms with Crippen molar-refractivity contribution >= 4 is 41.6 Å². The molecule has 16 nitrogen and oxygen atoms in total. The quantitative estimate of drug-likeness (QED) is 0.102. The van der Waals surface area contributed by atoms with E-state index in [4.69, 9.17) is 31.3 Å². The third kappa shape index (κ3) is 12.0. The SMILES string of the molecule is NC(CO)C(=O)NC(CCC(=O)O)C(=O)NC(CCC(=O)O)C(=O)NC(CC(=O)O)C(=O)O. The van der Waals surface area contributed by atoms with Crippen molar-refractivity contribution < 1.29 is 59.1 Å². The van der Waals surface area contributed by atoms with E-state index in [2.05, 4.69) is 10.6 Å². The fraction of sp³-hybridized carbons (Fsp3) is 0.588. The number of carboxylic acid groups (broad SMARTS) is 4. The summed E-state index contributed by atoms with van der Waals surface area (Å²) in [4.78, 5) is 80.6. The summed E-state index contributed by atoms with van der Waals surface area (Å²) in [6, 6.07) is -6.55. The van der Waals surface area contributed by atoms with Gasteiger partial charge in [0.1, 0.15) is 24.2 Å². The molecule has 0 aromatic heterocycles. The van der Waals surface area contributed by atoms with Crippen molar-refractivity contribution in [2.24, 2.45) is 5.73 Å². The molecule has 0 aromatic rings. The number of amides is 3. The number of aliphatic hydroxyl groups excluding tert-OH is 1. The van der Waals surface area contributed by atoms with Gasteiger partial charge in [0.05, 0.1) is 13.0 Å². The van der Waals surface area contributed by atoms with Gasteiger partial charge in [-0.05, 0) is 12.8 Å². The molecule has 0 aliphatic heterocycles. The number of nitrogens with two attached hydrogens (primary N) is 1. The lowest BCUT2D eigenvalue weighted by Gasteiger charge is -2.24. The molecule has 0 radical (unpaired) electrons. The van der Waals surface area contributed by atoms with Gasteiger partial charge in [0.15, 0.2) is 0 Å². The number of aliphatic carboxylic acids is 4. The van der Waals surface area contributed by atoms with Crippen LogP contribution in [0.15, 0.2) is 0 Å². The number of carbonyl (C=O) groups is 7. The van der Waals surface area contributed by atoms with Gasteiger partial charge in [0, 0.05) is 12.8 Å². The Kier molecular flexibility index (Phi) is 12.7. The third-order valence-corrected chi connectivity index (χ3v) is 4.09. The fourth-order valence-corrected chi connectivity index (χ4v) is 2.35. The largest absolute Gasteiger partial charge is 0.481 e. The van der Waals surface area contributed by atoms with Crippen LogP contribution in [0.2, 0.25) is 0 Å². The Labute approximate surface area is 186 Å². The van der Waals surface area contributed by atoms with Crippen LogP contribution in [0, 0.1) is 0 Å². The van der Waals surface area contributed by atoms with E-state index in [0.717, 1.165) is 0 Å². The lowest BCUT2D eigenvalue weighted by molar-refractivity contribution is -0.147. The lowest BCUT2D eigenvalue weighted by Crippen LogP contribution is -2.57. The number of hydrogen-bond donors (Lipinski definition) is 9. The smallest absolute Gasteiger partial charge is 0.326 e. The van der Waals surface area contributed by atoms with Crippen LogP contribution in [0.1, 0.15) is 32.1 Å². The highest BCUT2D eigenvalue weighted by Gasteiger charge is 2.31. The molecule has 186 valence electrons. The van der Waals surface area contributed by atoms with Crippen molar-refractivity contribution in [3.8, 4) is 0 Å². The van der Waals surface area contributed by atoms with Crippen molar-refractivity contribution in [3.63, 3.8) is 0 Å². The highest BCUT2D eigenvalue weighted by Crippen LogP contribution is 2.05. The number of carboxylic acids is 4. The van der Waals surface area contributed by atoms with Gasteiger partial charge in [0.2, 0.25) is 17.7 Å². The molecule has 0 aromatic carbocycles. The van der Waals surface area contributed by atoms with Crippen LogP contribution in [-0.4, -0.2) is 97.9 Å². The summed E-state index contributed by atoms with van der Waals surface area (Å²) in [7, 11) is 0. The highest BCUT2D eigenvalue weighted by atomic mass is 16.4. The lowest BCUT2D eigenvalue weighted by atomic mass is 10.1. The third-order valence-electron chi connectivity index (χ3n) is 4.09. The predicted octanol–water partition coefficient (Wildman–Crippen LogP) is -3.95. The molecule has 0 aliphatic carbocycles. The van der Waals surface area contributed by atoms with Crippen LogP contribution in [0.5, 0.6) is 0 Å². The Balaban J connectivity index is 5.60. The normalized spacial score (nSPS) is 14.1. The Bertz CT molecular complexity index is 771. The summed E-state index contributed by atoms with van der Waals surface area (Å²) >= 11 is 0. The monoisotopic (exact) mass is 478 g/mol. The molecule has 0 saturated heterocycles. The molecule has 0 spiro atoms. The maximum absolute atomic E-state index is 12.6. The van der Waals surface area contributed by atoms with Gasteiger partial charge in [-0.1, -0.05) is 0 Å². The first kappa shape index (κ1) is 29.2. The Morgan fingerprint density at radius 3 is 1.36 bits per heavy atom. The zero-order chi connectivity index (χ0) is 25.7. The number of aliphatic hydroxyl groups is 1. The molecule has 4 unspecified atom stereocenters. The molecule has 0 heterocycles. The van der Waals surface area contributed by atoms with Crippen LogP contribution < -0.4 is 21.7 Å². The molecule has 16 heteroatoms. The minimum atomic E-state index is -1.88. The first-order valence-corrected chi connectivity index (χ1v) is 9.44. The van der Waals surface area contributed by atoms with Crippen LogP contribution in [0.25, 0.3) is 0 Å². The van der Waals surface area contributed by atoms with Crippen LogP contribution in [0.3, 0.4) is 0 Å². The summed E-state index contributed by atoms with van der Waals surface area (Å²) in [5.41, 5.74) is 5.33. The Hall–Kier alpha value is -3.79. The molecule has 0 bridgehead atoms. The number of nitrogens with one attached hydrogen (secondary N) is 3. The standard InChI is InChI=1S/C17H26N4O12/c18-7(6-22)14(29)19-8(1-3-11(23)24)15(30)20-9(2-4-12(25)26)16(31)21-10(17(32)33)5-13(27)28/h7-10,22H,1-6,18H2,(H,19,29)(H,20,30)(H,21,31)(H,23,24)(H,25,26)(H,27,28)(H,32,33). The summed E-state index contributed by atoms with van der Waals surface area (Å²) in [6.45, 7) is -0.789. The molecule has 3 amide bonds. The van der Waals surface area contributed by atoms with Gasteiger partial charge in [-0.25, -0.2) is 4.79 Å². The number of hydrogen-bond acceptors (Lipinski definition) is 9. The van der Waals surface area contributed by atoms with E-state index < -0.39 is 104 Å². The minimum absolute atomic E-state index is 0.463. The maximum atomic E-state index is 12.6. The van der Waals surface area contributed by atoms with Crippen molar-refractivity contribution in [3.05, 3.63) is 0 Å². The molecule has 4 atom stereocenters. The molecular formula is C17H26N4O12. The van der Waals surface area contributed by atoms with E-state index >= 15 is 0 Å². The van der Waals surface area contributed by atoms with Gasteiger partial charge in [-0.3, -0.25) is 28.8 Å². The van der Waals surface area contributed by atoms with Gasteiger partial charge in [-0.15, -0.1) is 0 Å². The second-order valence-corrected chi connectivity index (χ2v) is 6.77. The summed E-state index contributed by atoms with van der Waals surface area (Å²) in [5, 5.41) is 50.5. The summed E-state index contributed by atoms with van der Waals surface area (Å²) in [6.07, 6.45) is -3.26. The predicted molar refractivity (Wildman–Crippen MR) is 104 cm³/mol. The van der Waals surface area contributed by atoms with E-state index in [1.165, 1.54) is 0 Å². The van der Waals surface area contributed by atoms with Crippen LogP contribution in [0.4, 0.5) is 0 Å². The van der Waals surface area contributed by atoms with Crippen molar-refractivity contribution in [1.82, 2.24) is 16.0 Å². The average molecular weight is 478 g/mol. The summed E-state index contributed by atoms with van der Waals surface area (Å²) in [5.74, 6) is -9.29. The van der Waals surface area contributed by atoms with Gasteiger partial charge >= 0.3 is 23.9 Å². The zero-order valence-electron chi connectivity index (χ0n) is 17.2. The Morgan fingerprint density at radius 1 is 0.636 bits per heavy atom. The van der Waals surface area contributed by atoms with Gasteiger partial charge < -0.3 is 47.2 Å². The molecular weight excluding hydrogens is 452 g/mol. The number of carbonyl (C=O) groups excluding carboxylic acids is 3. The average Bonchev–Trinajstić information content (AvgIpc) is 2.71. The molecule has 0 saturated carbocycles. The summed E-state index contributed by atoms with van der Waals surface area (Å²) < 4.78 is 0. The topological polar surface area (TPSA) is 283 Å². The van der Waals surface area contributed by atoms with E-state index in [1.54, 1.807) is 0 Å². The minimum Gasteiger partial charge on any atom is -0.481 e. The van der Waals surface area contributed by atoms with Crippen molar-refractivity contribution in [2.75, 3.05) is 6.61 Å². The van der Waals surface area contributed by atoms with Crippen LogP contribution in [-0.2, 0) is 33.6 Å². The van der Waals surface area contributed by atoms with E-state index in [-0.39, 0.29) is 0 Å². The van der Waals surface area contributed by atoms with Crippen LogP contribution >= 0.6 is 0 Å².